The van der Waals surface area contributed by atoms with Gasteiger partial charge in [-0.15, -0.1) is 0 Å². The fraction of sp³-hybridized carbons (Fsp3) is 1.00. The van der Waals surface area contributed by atoms with Crippen molar-refractivity contribution in [1.82, 2.24) is 5.23 Å². The molecule has 0 amide bonds. The Bertz CT molecular complexity index is 58.7. The van der Waals surface area contributed by atoms with E-state index >= 15 is 0 Å². The minimum absolute atomic E-state index is 0.741. The van der Waals surface area contributed by atoms with Gasteiger partial charge < -0.3 is 11.0 Å². The quantitative estimate of drug-likeness (QED) is 0.411. The van der Waals surface area contributed by atoms with Crippen molar-refractivity contribution in [2.45, 2.75) is 12.5 Å². The zero-order chi connectivity index (χ0) is 5.28. The minimum Gasteiger partial charge on any atom is -0.359 e. The normalized spacial score (nSPS) is 38.4. The molecule has 0 aromatic heterocycles. The van der Waals surface area contributed by atoms with E-state index in [2.05, 4.69) is 5.23 Å². The van der Waals surface area contributed by atoms with Crippen molar-refractivity contribution in [3.05, 3.63) is 0 Å². The van der Waals surface area contributed by atoms with E-state index in [1.54, 1.807) is 0 Å². The topological polar surface area (TPSA) is 38.0 Å². The van der Waals surface area contributed by atoms with Gasteiger partial charge in [0.2, 0.25) is 0 Å². The van der Waals surface area contributed by atoms with E-state index in [1.807, 2.05) is 7.98 Å². The van der Waals surface area contributed by atoms with E-state index in [0.717, 1.165) is 18.5 Å². The van der Waals surface area contributed by atoms with Crippen LogP contribution in [0.1, 0.15) is 6.42 Å². The fourth-order valence-electron chi connectivity index (χ4n) is 0.862. The van der Waals surface area contributed by atoms with Crippen molar-refractivity contribution in [3.63, 3.8) is 0 Å². The van der Waals surface area contributed by atoms with Crippen LogP contribution >= 0.6 is 0 Å². The van der Waals surface area contributed by atoms with E-state index in [0.29, 0.717) is 0 Å². The Morgan fingerprint density at radius 1 is 1.86 bits per heavy atom. The molecule has 2 nitrogen and oxygen atoms in total. The molecule has 0 heterocycles. The second-order valence-electron chi connectivity index (χ2n) is 2.13. The number of rotatable bonds is 2. The first kappa shape index (κ1) is 5.13. The van der Waals surface area contributed by atoms with Crippen molar-refractivity contribution in [3.8, 4) is 0 Å². The van der Waals surface area contributed by atoms with Gasteiger partial charge in [0.05, 0.1) is 0 Å². The third-order valence-corrected chi connectivity index (χ3v) is 1.60. The molecule has 2 unspecified atom stereocenters. The van der Waals surface area contributed by atoms with Crippen molar-refractivity contribution in [1.29, 1.82) is 0 Å². The lowest BCUT2D eigenvalue weighted by molar-refractivity contribution is 0.771. The second-order valence-corrected chi connectivity index (χ2v) is 2.13. The maximum absolute atomic E-state index is 5.36. The van der Waals surface area contributed by atoms with Crippen LogP contribution in [-0.2, 0) is 0 Å². The fourth-order valence-corrected chi connectivity index (χ4v) is 0.862. The third-order valence-electron chi connectivity index (χ3n) is 1.60. The summed E-state index contributed by atoms with van der Waals surface area (Å²) < 4.78 is 0. The summed E-state index contributed by atoms with van der Waals surface area (Å²) in [5, 5.41) is 3.16. The largest absolute Gasteiger partial charge is 0.359 e. The highest BCUT2D eigenvalue weighted by molar-refractivity contribution is 6.04. The van der Waals surface area contributed by atoms with Gasteiger partial charge in [0.25, 0.3) is 0 Å². The average Bonchev–Trinajstić information content (AvgIpc) is 2.43. The van der Waals surface area contributed by atoms with Gasteiger partial charge in [-0.05, 0) is 18.9 Å². The molecule has 0 bridgehead atoms. The zero-order valence-electron chi connectivity index (χ0n) is 4.65. The van der Waals surface area contributed by atoms with Crippen molar-refractivity contribution >= 4 is 7.98 Å². The Morgan fingerprint density at radius 2 is 2.57 bits per heavy atom. The van der Waals surface area contributed by atoms with Crippen LogP contribution < -0.4 is 11.0 Å². The molecule has 1 saturated carbocycles. The van der Waals surface area contributed by atoms with E-state index in [9.17, 15) is 0 Å². The van der Waals surface area contributed by atoms with Crippen LogP contribution in [0.15, 0.2) is 0 Å². The summed E-state index contributed by atoms with van der Waals surface area (Å²) >= 11 is 0. The van der Waals surface area contributed by atoms with Crippen molar-refractivity contribution in [2.24, 2.45) is 11.7 Å². The Morgan fingerprint density at radius 3 is 2.71 bits per heavy atom. The molecule has 0 aromatic rings. The number of hydrogen-bond acceptors (Lipinski definition) is 2. The van der Waals surface area contributed by atoms with Crippen LogP contribution in [0, 0.1) is 5.92 Å². The van der Waals surface area contributed by atoms with Gasteiger partial charge in [0, 0.05) is 6.04 Å². The van der Waals surface area contributed by atoms with E-state index < -0.39 is 0 Å². The first-order chi connectivity index (χ1) is 3.38. The molecule has 1 rings (SSSR count). The molecule has 1 aliphatic carbocycles. The summed E-state index contributed by atoms with van der Waals surface area (Å²) in [6.45, 7) is 0.853. The predicted octanol–water partition coefficient (Wildman–Crippen LogP) is -1.53. The maximum atomic E-state index is 5.36. The summed E-state index contributed by atoms with van der Waals surface area (Å²) in [4.78, 5) is 0. The van der Waals surface area contributed by atoms with Gasteiger partial charge in [0.1, 0.15) is 0 Å². The predicted molar refractivity (Wildman–Crippen MR) is 32.6 cm³/mol. The van der Waals surface area contributed by atoms with Gasteiger partial charge in [0.15, 0.2) is 7.98 Å². The monoisotopic (exact) mass is 98.1 g/mol. The smallest absolute Gasteiger partial charge is 0.182 e. The number of nitrogens with one attached hydrogen (secondary N) is 1. The lowest BCUT2D eigenvalue weighted by Gasteiger charge is -1.89. The van der Waals surface area contributed by atoms with Crippen molar-refractivity contribution in [2.75, 3.05) is 6.54 Å². The highest BCUT2D eigenvalue weighted by Gasteiger charge is 2.33. The molecular formula is C4H11BN2. The Hall–Kier alpha value is -0.0151. The van der Waals surface area contributed by atoms with E-state index in [1.165, 1.54) is 6.42 Å². The molecule has 3 heteroatoms. The highest BCUT2D eigenvalue weighted by Crippen LogP contribution is 2.27. The molecule has 40 valence electrons. The van der Waals surface area contributed by atoms with E-state index in [4.69, 9.17) is 5.73 Å². The molecule has 0 spiro atoms. The SMILES string of the molecule is BNC1CC1CN. The first-order valence-electron chi connectivity index (χ1n) is 2.76. The molecule has 0 aliphatic heterocycles. The van der Waals surface area contributed by atoms with Gasteiger partial charge in [-0.25, -0.2) is 0 Å². The third kappa shape index (κ3) is 0.953. The number of nitrogens with two attached hydrogens (primary N) is 1. The number of hydrogen-bond donors (Lipinski definition) is 2. The summed E-state index contributed by atoms with van der Waals surface area (Å²) in [7, 11) is 1.99. The molecular weight excluding hydrogens is 86.9 g/mol. The average molecular weight is 98.0 g/mol. The first-order valence-corrected chi connectivity index (χ1v) is 2.76. The van der Waals surface area contributed by atoms with Gasteiger partial charge >= 0.3 is 0 Å². The van der Waals surface area contributed by atoms with Gasteiger partial charge in [-0.2, -0.15) is 0 Å². The van der Waals surface area contributed by atoms with Crippen LogP contribution in [0.4, 0.5) is 0 Å². The molecule has 1 aliphatic rings. The standard InChI is InChI=1S/C4H11BN2/c5-7-4-1-3(4)2-6/h3-4,7H,1-2,5-6H2. The van der Waals surface area contributed by atoms with Gasteiger partial charge in [-0.3, -0.25) is 0 Å². The van der Waals surface area contributed by atoms with Crippen LogP contribution in [0.2, 0.25) is 0 Å². The highest BCUT2D eigenvalue weighted by atomic mass is 14.9. The molecule has 7 heavy (non-hydrogen) atoms. The molecule has 0 radical (unpaired) electrons. The summed E-state index contributed by atoms with van der Waals surface area (Å²) in [5.41, 5.74) is 5.36. The van der Waals surface area contributed by atoms with E-state index in [-0.39, 0.29) is 0 Å². The summed E-state index contributed by atoms with van der Waals surface area (Å²) in [6, 6.07) is 0.741. The Kier molecular flexibility index (Phi) is 1.35. The molecule has 3 N–H and O–H groups in total. The Labute approximate surface area is 44.9 Å². The molecule has 0 aromatic carbocycles. The Balaban J connectivity index is 2.06. The summed E-state index contributed by atoms with van der Waals surface area (Å²) in [5.74, 6) is 0.782. The molecule has 1 fully saturated rings. The van der Waals surface area contributed by atoms with Crippen molar-refractivity contribution < 1.29 is 0 Å². The lowest BCUT2D eigenvalue weighted by Crippen LogP contribution is -2.16. The molecule has 2 atom stereocenters. The maximum Gasteiger partial charge on any atom is 0.182 e. The zero-order valence-corrected chi connectivity index (χ0v) is 4.65. The minimum atomic E-state index is 0.741. The van der Waals surface area contributed by atoms with Gasteiger partial charge in [-0.1, -0.05) is 0 Å². The van der Waals surface area contributed by atoms with Crippen LogP contribution in [0.3, 0.4) is 0 Å². The lowest BCUT2D eigenvalue weighted by atomic mass is 10.3. The van der Waals surface area contributed by atoms with Crippen LogP contribution in [0.5, 0.6) is 0 Å². The summed E-state index contributed by atoms with van der Waals surface area (Å²) in [6.07, 6.45) is 1.28. The molecule has 0 saturated heterocycles. The second kappa shape index (κ2) is 1.84. The van der Waals surface area contributed by atoms with Crippen LogP contribution in [-0.4, -0.2) is 20.6 Å². The van der Waals surface area contributed by atoms with Crippen LogP contribution in [0.25, 0.3) is 0 Å².